The molecule has 0 aromatic rings. The molecule has 168 valence electrons. The van der Waals surface area contributed by atoms with Gasteiger partial charge in [-0.1, -0.05) is 61.1 Å². The number of halogens is 2. The van der Waals surface area contributed by atoms with Crippen molar-refractivity contribution in [1.82, 2.24) is 0 Å². The van der Waals surface area contributed by atoms with Gasteiger partial charge in [0.2, 0.25) is 0 Å². The number of hydrogen-bond donors (Lipinski definition) is 0. The Bertz CT molecular complexity index is 1140. The number of hydrogen-bond acceptors (Lipinski definition) is 1. The Morgan fingerprint density at radius 1 is 1.03 bits per heavy atom. The van der Waals surface area contributed by atoms with Crippen molar-refractivity contribution in [3.05, 3.63) is 64.1 Å². The van der Waals surface area contributed by atoms with Crippen molar-refractivity contribution in [1.29, 1.82) is 0 Å². The van der Waals surface area contributed by atoms with Gasteiger partial charge in [-0.3, -0.25) is 0 Å². The van der Waals surface area contributed by atoms with Crippen LogP contribution in [0.1, 0.15) is 43.2 Å². The zero-order valence-corrected chi connectivity index (χ0v) is 22.9. The third-order valence-electron chi connectivity index (χ3n) is 7.31. The zero-order valence-electron chi connectivity index (χ0n) is 18.8. The third-order valence-corrected chi connectivity index (χ3v) is 9.74. The molecule has 1 saturated carbocycles. The summed E-state index contributed by atoms with van der Waals surface area (Å²) in [6, 6.07) is 9.49. The first-order chi connectivity index (χ1) is 14.1. The van der Waals surface area contributed by atoms with Crippen molar-refractivity contribution in [3.63, 3.8) is 0 Å². The van der Waals surface area contributed by atoms with Crippen molar-refractivity contribution in [3.8, 4) is 11.1 Å². The molecule has 0 aromatic carbocycles. The minimum atomic E-state index is -1.87. The molecule has 1 fully saturated rings. The molecule has 0 N–H and O–H groups in total. The van der Waals surface area contributed by atoms with E-state index in [1.165, 1.54) is 64.8 Å². The standard InChI is InChI=1S/C26H30NOSi.2ClH.Ti/c1-27(2,21-11-4-3-5-12-21)29(28)22-16-15-19-10-8-14-24-23-13-7-6-9-20(23)17-26(24)25(19)18-22;;;/h6-10,14-18,21-22H,3-5,11-13H2,1-2H3;2*1H;/q+1;;;/p-2. The van der Waals surface area contributed by atoms with Crippen molar-refractivity contribution >= 4 is 27.1 Å². The number of allylic oxidation sites excluding steroid dienone is 3. The van der Waals surface area contributed by atoms with Crippen molar-refractivity contribution < 1.29 is 55.1 Å². The first kappa shape index (κ1) is 27.4. The Labute approximate surface area is 220 Å². The van der Waals surface area contributed by atoms with Gasteiger partial charge in [-0.2, -0.15) is 0 Å². The predicted octanol–water partition coefficient (Wildman–Crippen LogP) is -1.80. The van der Waals surface area contributed by atoms with E-state index < -0.39 is 8.84 Å². The molecule has 5 rings (SSSR count). The van der Waals surface area contributed by atoms with Crippen LogP contribution in [0.5, 0.6) is 0 Å². The second-order valence-electron chi connectivity index (χ2n) is 9.32. The van der Waals surface area contributed by atoms with Gasteiger partial charge in [0.15, 0.2) is 0 Å². The monoisotopic (exact) mass is 518 g/mol. The van der Waals surface area contributed by atoms with Crippen LogP contribution >= 0.6 is 0 Å². The van der Waals surface area contributed by atoms with Gasteiger partial charge >= 0.3 is 8.84 Å². The molecular formula is C26H30Cl2NOSiTi-. The molecule has 5 aliphatic carbocycles. The van der Waals surface area contributed by atoms with Crippen LogP contribution < -0.4 is 35.3 Å². The van der Waals surface area contributed by atoms with Crippen molar-refractivity contribution in [2.24, 2.45) is 0 Å². The normalized spacial score (nSPS) is 19.2. The van der Waals surface area contributed by atoms with E-state index in [-0.39, 0.29) is 52.1 Å². The third kappa shape index (κ3) is 4.85. The van der Waals surface area contributed by atoms with E-state index in [4.69, 9.17) is 0 Å². The fourth-order valence-corrected chi connectivity index (χ4v) is 7.45. The summed E-state index contributed by atoms with van der Waals surface area (Å²) in [6.45, 7) is 0. The molecule has 2 nitrogen and oxygen atoms in total. The molecule has 0 heterocycles. The summed E-state index contributed by atoms with van der Waals surface area (Å²) in [6.07, 6.45) is 20.6. The Morgan fingerprint density at radius 3 is 2.53 bits per heavy atom. The van der Waals surface area contributed by atoms with Gasteiger partial charge in [-0.15, -0.1) is 0 Å². The SMILES string of the molecule is C[N+](C)(C1CCCCC1)[Si](=O)C1C=Cc2cccc3c4c(cc-3c2=C1)=CC=CC4.[Cl-].[Cl-].[Ti]. The Balaban J connectivity index is 0.00000121. The number of rotatable bonds is 3. The van der Waals surface area contributed by atoms with Crippen LogP contribution in [0.4, 0.5) is 0 Å². The molecule has 5 aliphatic rings. The van der Waals surface area contributed by atoms with Crippen LogP contribution in [0, 0.1) is 0 Å². The van der Waals surface area contributed by atoms with E-state index in [9.17, 15) is 4.46 Å². The zero-order chi connectivity index (χ0) is 20.0. The van der Waals surface area contributed by atoms with Crippen molar-refractivity contribution in [2.75, 3.05) is 14.1 Å². The molecule has 0 aromatic heterocycles. The molecule has 0 spiro atoms. The molecule has 1 unspecified atom stereocenters. The number of fused-ring (bicyclic) bond motifs is 5. The largest absolute Gasteiger partial charge is 1.00 e. The van der Waals surface area contributed by atoms with Gasteiger partial charge in [0.05, 0.1) is 25.7 Å². The summed E-state index contributed by atoms with van der Waals surface area (Å²) in [7, 11) is 2.54. The molecule has 0 saturated heterocycles. The average molecular weight is 519 g/mol. The molecule has 0 aliphatic heterocycles. The van der Waals surface area contributed by atoms with Gasteiger partial charge in [-0.05, 0) is 70.9 Å². The Morgan fingerprint density at radius 2 is 1.78 bits per heavy atom. The maximum absolute atomic E-state index is 13.8. The summed E-state index contributed by atoms with van der Waals surface area (Å²) in [5.74, 6) is 0. The van der Waals surface area contributed by atoms with Crippen LogP contribution in [0.2, 0.25) is 5.54 Å². The van der Waals surface area contributed by atoms with E-state index in [2.05, 4.69) is 74.8 Å². The maximum atomic E-state index is 13.8. The van der Waals surface area contributed by atoms with Gasteiger partial charge in [0.1, 0.15) is 0 Å². The molecule has 1 atom stereocenters. The van der Waals surface area contributed by atoms with Crippen LogP contribution in [0.3, 0.4) is 0 Å². The summed E-state index contributed by atoms with van der Waals surface area (Å²) in [4.78, 5) is 0. The maximum Gasteiger partial charge on any atom is 0.564 e. The predicted molar refractivity (Wildman–Crippen MR) is 122 cm³/mol. The van der Waals surface area contributed by atoms with Crippen LogP contribution in [-0.2, 0) is 32.6 Å². The summed E-state index contributed by atoms with van der Waals surface area (Å²) < 4.78 is 14.5. The molecule has 0 bridgehead atoms. The smallest absolute Gasteiger partial charge is 0.564 e. The van der Waals surface area contributed by atoms with Gasteiger partial charge in [-0.25, -0.2) is 0 Å². The average Bonchev–Trinajstić information content (AvgIpc) is 3.03. The minimum Gasteiger partial charge on any atom is -1.00 e. The quantitative estimate of drug-likeness (QED) is 0.438. The molecule has 32 heavy (non-hydrogen) atoms. The summed E-state index contributed by atoms with van der Waals surface area (Å²) in [5, 5.41) is 2.60. The molecule has 0 amide bonds. The first-order valence-electron chi connectivity index (χ1n) is 11.1. The van der Waals surface area contributed by atoms with Crippen LogP contribution in [0.15, 0.2) is 42.5 Å². The second kappa shape index (κ2) is 11.1. The number of quaternary nitrogens is 1. The molecule has 6 heteroatoms. The van der Waals surface area contributed by atoms with E-state index >= 15 is 0 Å². The van der Waals surface area contributed by atoms with Gasteiger partial charge in [0.25, 0.3) is 0 Å². The topological polar surface area (TPSA) is 17.1 Å². The van der Waals surface area contributed by atoms with Gasteiger partial charge in [0, 0.05) is 21.7 Å². The fraction of sp³-hybridized carbons (Fsp3) is 0.385. The summed E-state index contributed by atoms with van der Waals surface area (Å²) in [5.41, 5.74) is 5.34. The summed E-state index contributed by atoms with van der Waals surface area (Å²) >= 11 is 0. The molecule has 0 radical (unpaired) electrons. The van der Waals surface area contributed by atoms with Crippen molar-refractivity contribution in [2.45, 2.75) is 50.1 Å². The Kier molecular flexibility index (Phi) is 9.50. The fourth-order valence-electron chi connectivity index (χ4n) is 5.50. The first-order valence-corrected chi connectivity index (χ1v) is 12.5. The number of nitrogens with zero attached hydrogens (tertiary/aromatic N) is 1. The molecular weight excluding hydrogens is 489 g/mol. The van der Waals surface area contributed by atoms with E-state index in [1.54, 1.807) is 0 Å². The van der Waals surface area contributed by atoms with E-state index in [0.717, 1.165) is 6.42 Å². The van der Waals surface area contributed by atoms with E-state index in [1.807, 2.05) is 0 Å². The van der Waals surface area contributed by atoms with Crippen LogP contribution in [-0.4, -0.2) is 33.1 Å². The second-order valence-corrected chi connectivity index (χ2v) is 11.8. The minimum absolute atomic E-state index is 0. The van der Waals surface area contributed by atoms with Gasteiger partial charge < -0.3 is 33.4 Å². The van der Waals surface area contributed by atoms with E-state index in [0.29, 0.717) is 10.2 Å². The Hall–Kier alpha value is -0.809. The van der Waals surface area contributed by atoms with Crippen LogP contribution in [0.25, 0.3) is 29.4 Å².